The van der Waals surface area contributed by atoms with Crippen molar-refractivity contribution in [3.8, 4) is 5.69 Å². The van der Waals surface area contributed by atoms with Crippen molar-refractivity contribution in [3.63, 3.8) is 0 Å². The molecular formula is C21H23N3O2. The van der Waals surface area contributed by atoms with Crippen LogP contribution in [0.4, 0.5) is 16.3 Å². The highest BCUT2D eigenvalue weighted by atomic mass is 16.4. The molecule has 0 unspecified atom stereocenters. The van der Waals surface area contributed by atoms with E-state index < -0.39 is 6.09 Å². The number of aryl methyl sites for hydroxylation is 1. The van der Waals surface area contributed by atoms with Crippen molar-refractivity contribution in [2.75, 3.05) is 4.90 Å². The summed E-state index contributed by atoms with van der Waals surface area (Å²) in [6.45, 7) is 8.20. The molecule has 2 aromatic carbocycles. The Hall–Kier alpha value is -3.08. The Bertz CT molecular complexity index is 907. The molecule has 26 heavy (non-hydrogen) atoms. The molecule has 0 spiro atoms. The van der Waals surface area contributed by atoms with Crippen molar-refractivity contribution in [1.29, 1.82) is 0 Å². The largest absolute Gasteiger partial charge is 0.464 e. The number of anilines is 2. The molecule has 1 aromatic heterocycles. The third-order valence-electron chi connectivity index (χ3n) is 4.17. The third-order valence-corrected chi connectivity index (χ3v) is 4.17. The first-order chi connectivity index (χ1) is 12.3. The zero-order chi connectivity index (χ0) is 18.9. The van der Waals surface area contributed by atoms with Crippen molar-refractivity contribution >= 4 is 17.6 Å². The Morgan fingerprint density at radius 2 is 1.65 bits per heavy atom. The van der Waals surface area contributed by atoms with Gasteiger partial charge in [-0.25, -0.2) is 14.4 Å². The monoisotopic (exact) mass is 349 g/mol. The number of carbonyl (C=O) groups is 1. The number of aromatic nitrogens is 2. The average Bonchev–Trinajstić information content (AvgIpc) is 3.01. The zero-order valence-electron chi connectivity index (χ0n) is 15.5. The topological polar surface area (TPSA) is 58.4 Å². The predicted octanol–water partition coefficient (Wildman–Crippen LogP) is 5.29. The van der Waals surface area contributed by atoms with Gasteiger partial charge in [-0.2, -0.15) is 5.10 Å². The van der Waals surface area contributed by atoms with Crippen LogP contribution in [0.5, 0.6) is 0 Å². The quantitative estimate of drug-likeness (QED) is 0.698. The van der Waals surface area contributed by atoms with Crippen LogP contribution in [0, 0.1) is 6.92 Å². The van der Waals surface area contributed by atoms with Gasteiger partial charge in [-0.1, -0.05) is 56.7 Å². The maximum Gasteiger partial charge on any atom is 0.417 e. The molecule has 0 aliphatic heterocycles. The SMILES string of the molecule is Cc1ccc(-n2nc(C(C)(C)C)cc2N(C(=O)O)c2ccccc2)cc1. The number of hydrogen-bond acceptors (Lipinski definition) is 2. The number of nitrogens with zero attached hydrogens (tertiary/aromatic N) is 3. The first kappa shape index (κ1) is 17.7. The highest BCUT2D eigenvalue weighted by Gasteiger charge is 2.27. The van der Waals surface area contributed by atoms with E-state index in [0.717, 1.165) is 16.9 Å². The molecule has 5 heteroatoms. The van der Waals surface area contributed by atoms with Crippen molar-refractivity contribution in [2.45, 2.75) is 33.1 Å². The lowest BCUT2D eigenvalue weighted by molar-refractivity contribution is 0.204. The lowest BCUT2D eigenvalue weighted by Crippen LogP contribution is -2.26. The van der Waals surface area contributed by atoms with Gasteiger partial charge in [0.25, 0.3) is 0 Å². The Balaban J connectivity index is 2.22. The fourth-order valence-corrected chi connectivity index (χ4v) is 2.69. The van der Waals surface area contributed by atoms with E-state index in [1.807, 2.05) is 55.5 Å². The van der Waals surface area contributed by atoms with Crippen molar-refractivity contribution in [2.24, 2.45) is 0 Å². The molecule has 3 aromatic rings. The van der Waals surface area contributed by atoms with E-state index in [-0.39, 0.29) is 5.41 Å². The lowest BCUT2D eigenvalue weighted by atomic mass is 9.92. The van der Waals surface area contributed by atoms with Gasteiger partial charge in [-0.15, -0.1) is 0 Å². The Kier molecular flexibility index (Phi) is 4.55. The number of carboxylic acid groups (broad SMARTS) is 1. The Morgan fingerprint density at radius 1 is 1.04 bits per heavy atom. The van der Waals surface area contributed by atoms with Gasteiger partial charge in [0.1, 0.15) is 5.82 Å². The minimum Gasteiger partial charge on any atom is -0.464 e. The van der Waals surface area contributed by atoms with E-state index in [4.69, 9.17) is 5.10 Å². The van der Waals surface area contributed by atoms with Crippen LogP contribution < -0.4 is 4.90 Å². The smallest absolute Gasteiger partial charge is 0.417 e. The summed E-state index contributed by atoms with van der Waals surface area (Å²) in [7, 11) is 0. The van der Waals surface area contributed by atoms with Crippen LogP contribution in [-0.4, -0.2) is 21.0 Å². The molecule has 0 radical (unpaired) electrons. The third kappa shape index (κ3) is 3.47. The number of benzene rings is 2. The van der Waals surface area contributed by atoms with E-state index >= 15 is 0 Å². The summed E-state index contributed by atoms with van der Waals surface area (Å²) in [5.41, 5.74) is 3.16. The minimum atomic E-state index is -1.05. The second-order valence-corrected chi connectivity index (χ2v) is 7.34. The lowest BCUT2D eigenvalue weighted by Gasteiger charge is -2.20. The molecule has 0 aliphatic carbocycles. The van der Waals surface area contributed by atoms with Gasteiger partial charge in [0, 0.05) is 11.5 Å². The summed E-state index contributed by atoms with van der Waals surface area (Å²) in [6, 6.07) is 18.8. The van der Waals surface area contributed by atoms with Gasteiger partial charge in [0.05, 0.1) is 17.1 Å². The summed E-state index contributed by atoms with van der Waals surface area (Å²) in [4.78, 5) is 13.3. The van der Waals surface area contributed by atoms with Crippen LogP contribution in [0.1, 0.15) is 32.0 Å². The van der Waals surface area contributed by atoms with E-state index in [1.54, 1.807) is 16.8 Å². The van der Waals surface area contributed by atoms with Crippen LogP contribution >= 0.6 is 0 Å². The summed E-state index contributed by atoms with van der Waals surface area (Å²) in [5.74, 6) is 0.498. The van der Waals surface area contributed by atoms with Gasteiger partial charge in [0.2, 0.25) is 0 Å². The van der Waals surface area contributed by atoms with E-state index in [9.17, 15) is 9.90 Å². The van der Waals surface area contributed by atoms with Crippen LogP contribution in [0.3, 0.4) is 0 Å². The molecule has 0 atom stereocenters. The van der Waals surface area contributed by atoms with Crippen LogP contribution in [-0.2, 0) is 5.41 Å². The first-order valence-electron chi connectivity index (χ1n) is 8.53. The molecule has 5 nitrogen and oxygen atoms in total. The van der Waals surface area contributed by atoms with Crippen molar-refractivity contribution < 1.29 is 9.90 Å². The normalized spacial score (nSPS) is 11.4. The van der Waals surface area contributed by atoms with E-state index in [2.05, 4.69) is 20.8 Å². The van der Waals surface area contributed by atoms with Crippen molar-refractivity contribution in [1.82, 2.24) is 9.78 Å². The van der Waals surface area contributed by atoms with Crippen LogP contribution in [0.15, 0.2) is 60.7 Å². The number of hydrogen-bond donors (Lipinski definition) is 1. The zero-order valence-corrected chi connectivity index (χ0v) is 15.5. The molecule has 1 heterocycles. The summed E-state index contributed by atoms with van der Waals surface area (Å²) >= 11 is 0. The van der Waals surface area contributed by atoms with Crippen LogP contribution in [0.2, 0.25) is 0 Å². The van der Waals surface area contributed by atoms with Gasteiger partial charge in [0.15, 0.2) is 0 Å². The molecule has 3 rings (SSSR count). The van der Waals surface area contributed by atoms with Gasteiger partial charge in [-0.05, 0) is 31.2 Å². The first-order valence-corrected chi connectivity index (χ1v) is 8.53. The maximum absolute atomic E-state index is 12.1. The molecule has 0 bridgehead atoms. The van der Waals surface area contributed by atoms with Gasteiger partial charge >= 0.3 is 6.09 Å². The molecule has 1 N–H and O–H groups in total. The maximum atomic E-state index is 12.1. The Morgan fingerprint density at radius 3 is 2.19 bits per heavy atom. The fraction of sp³-hybridized carbons (Fsp3) is 0.238. The minimum absolute atomic E-state index is 0.203. The molecule has 0 fully saturated rings. The molecule has 0 aliphatic rings. The highest BCUT2D eigenvalue weighted by Crippen LogP contribution is 2.32. The predicted molar refractivity (Wildman–Crippen MR) is 104 cm³/mol. The number of amides is 1. The van der Waals surface area contributed by atoms with Crippen LogP contribution in [0.25, 0.3) is 5.69 Å². The standard InChI is InChI=1S/C21H23N3O2/c1-15-10-12-17(13-11-15)24-19(14-18(22-24)21(2,3)4)23(20(25)26)16-8-6-5-7-9-16/h5-14H,1-4H3,(H,25,26). The van der Waals surface area contributed by atoms with E-state index in [1.165, 1.54) is 4.90 Å². The fourth-order valence-electron chi connectivity index (χ4n) is 2.69. The molecule has 134 valence electrons. The Labute approximate surface area is 153 Å². The van der Waals surface area contributed by atoms with Crippen molar-refractivity contribution in [3.05, 3.63) is 71.9 Å². The summed E-state index contributed by atoms with van der Waals surface area (Å²) in [6.07, 6.45) is -1.05. The molecule has 0 saturated carbocycles. The molecular weight excluding hydrogens is 326 g/mol. The summed E-state index contributed by atoms with van der Waals surface area (Å²) in [5, 5.41) is 14.6. The second kappa shape index (κ2) is 6.67. The van der Waals surface area contributed by atoms with E-state index in [0.29, 0.717) is 11.5 Å². The molecule has 1 amide bonds. The highest BCUT2D eigenvalue weighted by molar-refractivity contribution is 5.94. The average molecular weight is 349 g/mol. The van der Waals surface area contributed by atoms with Gasteiger partial charge < -0.3 is 5.11 Å². The molecule has 0 saturated heterocycles. The second-order valence-electron chi connectivity index (χ2n) is 7.34. The number of rotatable bonds is 3. The number of para-hydroxylation sites is 1. The van der Waals surface area contributed by atoms with Gasteiger partial charge in [-0.3, -0.25) is 0 Å². The summed E-state index contributed by atoms with van der Waals surface area (Å²) < 4.78 is 1.70.